The van der Waals surface area contributed by atoms with E-state index in [1.807, 2.05) is 42.2 Å². The lowest BCUT2D eigenvalue weighted by Crippen LogP contribution is -2.33. The summed E-state index contributed by atoms with van der Waals surface area (Å²) in [5, 5.41) is 0. The number of carbonyl (C=O) groups excluding carboxylic acids is 1. The van der Waals surface area contributed by atoms with Crippen molar-refractivity contribution in [3.8, 4) is 0 Å². The minimum absolute atomic E-state index is 0.0718. The summed E-state index contributed by atoms with van der Waals surface area (Å²) in [5.74, 6) is 1.64. The minimum Gasteiger partial charge on any atom is -0.355 e. The van der Waals surface area contributed by atoms with E-state index in [9.17, 15) is 4.79 Å². The second kappa shape index (κ2) is 5.09. The summed E-state index contributed by atoms with van der Waals surface area (Å²) in [6.45, 7) is 4.42. The number of hydrogen-bond donors (Lipinski definition) is 0. The lowest BCUT2D eigenvalue weighted by molar-refractivity contribution is -0.120. The van der Waals surface area contributed by atoms with E-state index in [0.717, 1.165) is 36.8 Å². The first kappa shape index (κ1) is 13.2. The largest absolute Gasteiger partial charge is 0.355 e. The molecule has 5 nitrogen and oxygen atoms in total. The van der Waals surface area contributed by atoms with E-state index in [1.165, 1.54) is 0 Å². The van der Waals surface area contributed by atoms with Gasteiger partial charge in [0, 0.05) is 37.4 Å². The molecule has 2 saturated heterocycles. The standard InChI is InChI=1S/C17H18N4O/c1-12-4-2-6-16(19-12)20-9-13-10-21(17(22)15(13)11-20)14-5-3-7-18-8-14/h2-8,13,15H,9-11H2,1H3/t13-,15-/m0/s1. The van der Waals surface area contributed by atoms with Crippen LogP contribution in [0.3, 0.4) is 0 Å². The Kier molecular flexibility index (Phi) is 3.06. The van der Waals surface area contributed by atoms with Crippen LogP contribution in [0.15, 0.2) is 42.7 Å². The molecule has 2 atom stereocenters. The maximum absolute atomic E-state index is 12.7. The van der Waals surface area contributed by atoms with Crippen LogP contribution in [-0.2, 0) is 4.79 Å². The first-order chi connectivity index (χ1) is 10.7. The van der Waals surface area contributed by atoms with E-state index >= 15 is 0 Å². The number of anilines is 2. The Balaban J connectivity index is 1.53. The van der Waals surface area contributed by atoms with E-state index in [1.54, 1.807) is 12.4 Å². The fraction of sp³-hybridized carbons (Fsp3) is 0.353. The third-order valence-electron chi connectivity index (χ3n) is 4.60. The smallest absolute Gasteiger partial charge is 0.232 e. The lowest BCUT2D eigenvalue weighted by atomic mass is 10.0. The highest BCUT2D eigenvalue weighted by molar-refractivity contribution is 5.98. The van der Waals surface area contributed by atoms with E-state index < -0.39 is 0 Å². The molecule has 4 rings (SSSR count). The van der Waals surface area contributed by atoms with Gasteiger partial charge in [-0.3, -0.25) is 9.78 Å². The van der Waals surface area contributed by atoms with Crippen molar-refractivity contribution < 1.29 is 4.79 Å². The Bertz CT molecular complexity index is 703. The van der Waals surface area contributed by atoms with Gasteiger partial charge in [0.05, 0.1) is 17.8 Å². The first-order valence-corrected chi connectivity index (χ1v) is 7.62. The van der Waals surface area contributed by atoms with Crippen molar-refractivity contribution in [2.24, 2.45) is 11.8 Å². The molecule has 2 aliphatic rings. The van der Waals surface area contributed by atoms with E-state index in [-0.39, 0.29) is 11.8 Å². The molecular weight excluding hydrogens is 276 g/mol. The van der Waals surface area contributed by atoms with Gasteiger partial charge >= 0.3 is 0 Å². The van der Waals surface area contributed by atoms with Gasteiger partial charge in [0.1, 0.15) is 5.82 Å². The number of aryl methyl sites for hydroxylation is 1. The zero-order chi connectivity index (χ0) is 15.1. The van der Waals surface area contributed by atoms with E-state index in [2.05, 4.69) is 14.9 Å². The maximum atomic E-state index is 12.7. The van der Waals surface area contributed by atoms with Gasteiger partial charge in [-0.25, -0.2) is 4.98 Å². The Morgan fingerprint density at radius 3 is 2.77 bits per heavy atom. The monoisotopic (exact) mass is 294 g/mol. The molecule has 0 spiro atoms. The van der Waals surface area contributed by atoms with Crippen LogP contribution in [0, 0.1) is 18.8 Å². The predicted octanol–water partition coefficient (Wildman–Crippen LogP) is 1.88. The van der Waals surface area contributed by atoms with Crippen molar-refractivity contribution >= 4 is 17.4 Å². The zero-order valence-electron chi connectivity index (χ0n) is 12.5. The fourth-order valence-electron chi connectivity index (χ4n) is 3.50. The van der Waals surface area contributed by atoms with Gasteiger partial charge in [0.15, 0.2) is 0 Å². The van der Waals surface area contributed by atoms with Crippen molar-refractivity contribution in [2.75, 3.05) is 29.4 Å². The van der Waals surface area contributed by atoms with Gasteiger partial charge in [-0.2, -0.15) is 0 Å². The number of aromatic nitrogens is 2. The van der Waals surface area contributed by atoms with Crippen LogP contribution in [0.1, 0.15) is 5.69 Å². The van der Waals surface area contributed by atoms with Crippen LogP contribution in [0.25, 0.3) is 0 Å². The number of hydrogen-bond acceptors (Lipinski definition) is 4. The van der Waals surface area contributed by atoms with Gasteiger partial charge < -0.3 is 9.80 Å². The lowest BCUT2D eigenvalue weighted by Gasteiger charge is -2.22. The molecule has 0 unspecified atom stereocenters. The summed E-state index contributed by atoms with van der Waals surface area (Å²) in [5.41, 5.74) is 1.92. The van der Waals surface area contributed by atoms with Gasteiger partial charge in [-0.05, 0) is 31.2 Å². The molecule has 2 aliphatic heterocycles. The number of fused-ring (bicyclic) bond motifs is 1. The summed E-state index contributed by atoms with van der Waals surface area (Å²) in [7, 11) is 0. The van der Waals surface area contributed by atoms with Crippen LogP contribution in [0.4, 0.5) is 11.5 Å². The summed E-state index contributed by atoms with van der Waals surface area (Å²) in [6.07, 6.45) is 3.49. The molecule has 2 aromatic rings. The topological polar surface area (TPSA) is 49.3 Å². The van der Waals surface area contributed by atoms with Crippen molar-refractivity contribution in [3.05, 3.63) is 48.4 Å². The number of rotatable bonds is 2. The Labute approximate surface area is 129 Å². The van der Waals surface area contributed by atoms with Gasteiger partial charge in [-0.15, -0.1) is 0 Å². The van der Waals surface area contributed by atoms with Gasteiger partial charge in [0.25, 0.3) is 0 Å². The molecule has 2 fully saturated rings. The molecule has 5 heteroatoms. The second-order valence-corrected chi connectivity index (χ2v) is 6.07. The van der Waals surface area contributed by atoms with Crippen LogP contribution < -0.4 is 9.80 Å². The Morgan fingerprint density at radius 2 is 2.05 bits per heavy atom. The molecule has 0 saturated carbocycles. The molecule has 0 N–H and O–H groups in total. The number of nitrogens with zero attached hydrogens (tertiary/aromatic N) is 4. The van der Waals surface area contributed by atoms with Crippen LogP contribution in [-0.4, -0.2) is 35.5 Å². The normalized spacial score (nSPS) is 24.0. The van der Waals surface area contributed by atoms with E-state index in [4.69, 9.17) is 0 Å². The summed E-state index contributed by atoms with van der Waals surface area (Å²) in [6, 6.07) is 9.87. The molecule has 1 amide bonds. The predicted molar refractivity (Wildman–Crippen MR) is 84.8 cm³/mol. The van der Waals surface area contributed by atoms with E-state index in [0.29, 0.717) is 5.92 Å². The van der Waals surface area contributed by atoms with Crippen molar-refractivity contribution in [1.82, 2.24) is 9.97 Å². The molecule has 0 aliphatic carbocycles. The molecule has 2 aromatic heterocycles. The number of amides is 1. The third kappa shape index (κ3) is 2.13. The van der Waals surface area contributed by atoms with Crippen LogP contribution >= 0.6 is 0 Å². The molecule has 0 radical (unpaired) electrons. The molecule has 0 aromatic carbocycles. The van der Waals surface area contributed by atoms with Crippen LogP contribution in [0.2, 0.25) is 0 Å². The van der Waals surface area contributed by atoms with Crippen molar-refractivity contribution in [1.29, 1.82) is 0 Å². The molecule has 22 heavy (non-hydrogen) atoms. The molecule has 0 bridgehead atoms. The molecular formula is C17H18N4O. The summed E-state index contributed by atoms with van der Waals surface area (Å²) >= 11 is 0. The maximum Gasteiger partial charge on any atom is 0.232 e. The first-order valence-electron chi connectivity index (χ1n) is 7.62. The average molecular weight is 294 g/mol. The number of carbonyl (C=O) groups is 1. The average Bonchev–Trinajstić information content (AvgIpc) is 3.08. The highest BCUT2D eigenvalue weighted by Gasteiger charge is 2.46. The molecule has 4 heterocycles. The fourth-order valence-corrected chi connectivity index (χ4v) is 3.50. The Morgan fingerprint density at radius 1 is 1.14 bits per heavy atom. The highest BCUT2D eigenvalue weighted by Crippen LogP contribution is 2.36. The minimum atomic E-state index is 0.0718. The van der Waals surface area contributed by atoms with Crippen LogP contribution in [0.5, 0.6) is 0 Å². The second-order valence-electron chi connectivity index (χ2n) is 6.07. The third-order valence-corrected chi connectivity index (χ3v) is 4.60. The SMILES string of the molecule is Cc1cccc(N2C[C@H]3CN(c4cccnc4)C(=O)[C@H]3C2)n1. The van der Waals surface area contributed by atoms with Gasteiger partial charge in [0.2, 0.25) is 5.91 Å². The quantitative estimate of drug-likeness (QED) is 0.848. The highest BCUT2D eigenvalue weighted by atomic mass is 16.2. The summed E-state index contributed by atoms with van der Waals surface area (Å²) < 4.78 is 0. The van der Waals surface area contributed by atoms with Gasteiger partial charge in [-0.1, -0.05) is 6.07 Å². The summed E-state index contributed by atoms with van der Waals surface area (Å²) in [4.78, 5) is 25.5. The van der Waals surface area contributed by atoms with Crippen molar-refractivity contribution in [3.63, 3.8) is 0 Å². The van der Waals surface area contributed by atoms with Crippen molar-refractivity contribution in [2.45, 2.75) is 6.92 Å². The number of pyridine rings is 2. The molecule has 112 valence electrons. The Hall–Kier alpha value is -2.43. The zero-order valence-corrected chi connectivity index (χ0v) is 12.5.